The van der Waals surface area contributed by atoms with Crippen LogP contribution in [0.3, 0.4) is 0 Å². The number of carbonyl (C=O) groups excluding carboxylic acids is 1. The minimum absolute atomic E-state index is 0.00132. The number of carbonyl (C=O) groups is 1. The van der Waals surface area contributed by atoms with Gasteiger partial charge in [0, 0.05) is 29.4 Å². The van der Waals surface area contributed by atoms with Crippen LogP contribution in [0.2, 0.25) is 9.36 Å². The van der Waals surface area contributed by atoms with Crippen LogP contribution in [-0.4, -0.2) is 51.5 Å². The largest absolute Gasteiger partial charge is 0.393 e. The van der Waals surface area contributed by atoms with Gasteiger partial charge in [0.1, 0.15) is 12.1 Å². The van der Waals surface area contributed by atoms with Crippen LogP contribution in [0.25, 0.3) is 0 Å². The first-order valence-electron chi connectivity index (χ1n) is 11.2. The molecule has 1 saturated carbocycles. The average Bonchev–Trinajstić information content (AvgIpc) is 3.34. The number of aliphatic hydroxyl groups excluding tert-OH is 1. The maximum Gasteiger partial charge on any atom is 0.208 e. The molecule has 2 aromatic heterocycles. The summed E-state index contributed by atoms with van der Waals surface area (Å²) < 4.78 is 0.582. The lowest BCUT2D eigenvalue weighted by molar-refractivity contribution is 0.104. The monoisotopic (exact) mass is 515 g/mol. The molecule has 4 atom stereocenters. The second-order valence-electron chi connectivity index (χ2n) is 9.07. The van der Waals surface area contributed by atoms with Gasteiger partial charge in [0.25, 0.3) is 0 Å². The molecule has 1 aliphatic carbocycles. The molecule has 3 heterocycles. The Balaban J connectivity index is 1.46. The van der Waals surface area contributed by atoms with Crippen LogP contribution >= 0.6 is 34.5 Å². The summed E-state index contributed by atoms with van der Waals surface area (Å²) in [4.78, 5) is 24.7. The Morgan fingerprint density at radius 2 is 2.09 bits per heavy atom. The molecule has 9 heteroatoms. The van der Waals surface area contributed by atoms with E-state index in [1.165, 1.54) is 29.4 Å². The van der Waals surface area contributed by atoms with Crippen molar-refractivity contribution in [2.24, 2.45) is 5.92 Å². The maximum atomic E-state index is 13.5. The lowest BCUT2D eigenvalue weighted by Gasteiger charge is -2.34. The minimum Gasteiger partial charge on any atom is -0.393 e. The first-order valence-corrected chi connectivity index (χ1v) is 12.8. The highest BCUT2D eigenvalue weighted by Gasteiger charge is 2.33. The zero-order chi connectivity index (χ0) is 24.0. The van der Waals surface area contributed by atoms with Gasteiger partial charge in [0.15, 0.2) is 0 Å². The number of rotatable bonds is 5. The number of nitrogens with zero attached hydrogens (tertiary/aromatic N) is 3. The zero-order valence-corrected chi connectivity index (χ0v) is 21.0. The van der Waals surface area contributed by atoms with Crippen LogP contribution in [0.1, 0.15) is 50.8 Å². The van der Waals surface area contributed by atoms with E-state index in [0.29, 0.717) is 38.5 Å². The van der Waals surface area contributed by atoms with E-state index in [2.05, 4.69) is 40.2 Å². The van der Waals surface area contributed by atoms with Gasteiger partial charge < -0.3 is 10.4 Å². The summed E-state index contributed by atoms with van der Waals surface area (Å²) in [5.41, 5.74) is 3.64. The van der Waals surface area contributed by atoms with E-state index < -0.39 is 6.10 Å². The minimum atomic E-state index is -0.457. The molecule has 34 heavy (non-hydrogen) atoms. The number of likely N-dealkylation sites (N-methyl/N-ethyl adjacent to an activating group) is 1. The van der Waals surface area contributed by atoms with E-state index >= 15 is 0 Å². The number of aromatic nitrogens is 2. The molecular formula is C25H25Cl2N4O2S. The van der Waals surface area contributed by atoms with E-state index in [0.717, 1.165) is 24.1 Å². The highest BCUT2D eigenvalue weighted by Crippen LogP contribution is 2.42. The smallest absolute Gasteiger partial charge is 0.208 e. The van der Waals surface area contributed by atoms with Gasteiger partial charge in [-0.3, -0.25) is 9.69 Å². The summed E-state index contributed by atoms with van der Waals surface area (Å²) in [5.74, 6) is 0.237. The summed E-state index contributed by atoms with van der Waals surface area (Å²) in [7, 11) is 2.06. The Morgan fingerprint density at radius 3 is 2.85 bits per heavy atom. The van der Waals surface area contributed by atoms with Crippen LogP contribution in [0.5, 0.6) is 0 Å². The Bertz CT molecular complexity index is 1220. The van der Waals surface area contributed by atoms with Crippen molar-refractivity contribution in [3.05, 3.63) is 80.2 Å². The van der Waals surface area contributed by atoms with Crippen LogP contribution in [0, 0.1) is 12.8 Å². The van der Waals surface area contributed by atoms with Gasteiger partial charge in [-0.15, -0.1) is 11.3 Å². The highest BCUT2D eigenvalue weighted by atomic mass is 35.5. The van der Waals surface area contributed by atoms with Gasteiger partial charge >= 0.3 is 0 Å². The predicted molar refractivity (Wildman–Crippen MR) is 136 cm³/mol. The number of aliphatic hydroxyl groups is 1. The molecule has 1 fully saturated rings. The zero-order valence-electron chi connectivity index (χ0n) is 18.7. The van der Waals surface area contributed by atoms with Crippen molar-refractivity contribution >= 4 is 46.1 Å². The van der Waals surface area contributed by atoms with Crippen molar-refractivity contribution in [2.75, 3.05) is 18.9 Å². The van der Waals surface area contributed by atoms with Crippen LogP contribution in [0.4, 0.5) is 5.82 Å². The third-order valence-corrected chi connectivity index (χ3v) is 8.39. The van der Waals surface area contributed by atoms with Gasteiger partial charge in [-0.25, -0.2) is 9.97 Å². The summed E-state index contributed by atoms with van der Waals surface area (Å²) in [6.07, 6.45) is 4.70. The van der Waals surface area contributed by atoms with Gasteiger partial charge in [0.2, 0.25) is 5.78 Å². The number of benzene rings is 1. The summed E-state index contributed by atoms with van der Waals surface area (Å²) in [5, 5.41) is 14.0. The Kier molecular flexibility index (Phi) is 6.66. The van der Waals surface area contributed by atoms with E-state index in [9.17, 15) is 9.90 Å². The number of hydrogen-bond acceptors (Lipinski definition) is 7. The fourth-order valence-corrected chi connectivity index (χ4v) is 6.41. The molecule has 1 radical (unpaired) electrons. The molecule has 1 aliphatic heterocycles. The van der Waals surface area contributed by atoms with Gasteiger partial charge in [-0.2, -0.15) is 0 Å². The molecule has 5 rings (SSSR count). The number of thiophene rings is 1. The molecule has 6 nitrogen and oxygen atoms in total. The van der Waals surface area contributed by atoms with Crippen LogP contribution in [-0.2, 0) is 6.42 Å². The molecule has 177 valence electrons. The number of halogens is 2. The van der Waals surface area contributed by atoms with E-state index in [-0.39, 0.29) is 23.8 Å². The fraction of sp³-hybridized carbons (Fsp3) is 0.360. The number of anilines is 1. The predicted octanol–water partition coefficient (Wildman–Crippen LogP) is 5.04. The normalized spacial score (nSPS) is 24.7. The SMILES string of the molecule is [CH2][C@@H]1C[C@@H](Nc2ncncc2C(=O)c2cc([C@H]3c4cc(Cl)ccc4CCN3C)c(Cl)s2)C[C@@H]1O. The molecule has 3 aromatic rings. The molecule has 2 aliphatic rings. The number of fused-ring (bicyclic) bond motifs is 1. The number of hydrogen-bond donors (Lipinski definition) is 2. The first-order chi connectivity index (χ1) is 16.3. The lowest BCUT2D eigenvalue weighted by atomic mass is 9.89. The van der Waals surface area contributed by atoms with Crippen LogP contribution < -0.4 is 5.32 Å². The molecule has 0 unspecified atom stereocenters. The van der Waals surface area contributed by atoms with Crippen LogP contribution in [0.15, 0.2) is 36.8 Å². The van der Waals surface area contributed by atoms with Gasteiger partial charge in [-0.05, 0) is 68.5 Å². The fourth-order valence-electron chi connectivity index (χ4n) is 4.95. The first kappa shape index (κ1) is 23.7. The topological polar surface area (TPSA) is 78.4 Å². The quantitative estimate of drug-likeness (QED) is 0.463. The summed E-state index contributed by atoms with van der Waals surface area (Å²) >= 11 is 14.3. The maximum absolute atomic E-state index is 13.5. The van der Waals surface area contributed by atoms with Crippen molar-refractivity contribution in [2.45, 2.75) is 37.5 Å². The van der Waals surface area contributed by atoms with Gasteiger partial charge in [-0.1, -0.05) is 29.3 Å². The van der Waals surface area contributed by atoms with E-state index in [1.54, 1.807) is 0 Å². The third-order valence-electron chi connectivity index (χ3n) is 6.76. The Morgan fingerprint density at radius 1 is 1.26 bits per heavy atom. The molecule has 1 aromatic carbocycles. The molecule has 0 spiro atoms. The third kappa shape index (κ3) is 4.48. The van der Waals surface area contributed by atoms with E-state index in [1.807, 2.05) is 18.2 Å². The van der Waals surface area contributed by atoms with Crippen molar-refractivity contribution in [3.8, 4) is 0 Å². The number of nitrogens with one attached hydrogen (secondary N) is 1. The summed E-state index contributed by atoms with van der Waals surface area (Å²) in [6.45, 7) is 4.87. The Hall–Kier alpha value is -2.03. The second-order valence-corrected chi connectivity index (χ2v) is 11.2. The second kappa shape index (κ2) is 9.55. The van der Waals surface area contributed by atoms with Crippen molar-refractivity contribution in [3.63, 3.8) is 0 Å². The average molecular weight is 516 g/mol. The van der Waals surface area contributed by atoms with Crippen molar-refractivity contribution in [1.82, 2.24) is 14.9 Å². The molecule has 0 saturated heterocycles. The lowest BCUT2D eigenvalue weighted by Crippen LogP contribution is -2.32. The molecule has 0 amide bonds. The standard InChI is InChI=1S/C25H25Cl2N4O2S/c1-13-7-16(9-20(13)32)30-25-19(11-28-12-29-25)23(33)21-10-18(24(27)34-21)22-17-8-15(26)4-3-14(17)5-6-31(22)2/h3-4,8,10-13,16,20,22,32H,1,5-7,9H2,2H3,(H,28,29,30)/t13-,16-,20+,22-/m1/s1. The Labute approximate surface area is 212 Å². The molecule has 2 N–H and O–H groups in total. The highest BCUT2D eigenvalue weighted by molar-refractivity contribution is 7.18. The van der Waals surface area contributed by atoms with Crippen molar-refractivity contribution in [1.29, 1.82) is 0 Å². The van der Waals surface area contributed by atoms with Crippen molar-refractivity contribution < 1.29 is 9.90 Å². The molecular weight excluding hydrogens is 491 g/mol. The number of ketones is 1. The molecule has 0 bridgehead atoms. The van der Waals surface area contributed by atoms with Gasteiger partial charge in [0.05, 0.1) is 26.9 Å². The van der Waals surface area contributed by atoms with E-state index in [4.69, 9.17) is 23.2 Å². The summed E-state index contributed by atoms with van der Waals surface area (Å²) in [6, 6.07) is 7.78.